The molecule has 0 atom stereocenters. The number of hydrogen-bond acceptors (Lipinski definition) is 4. The summed E-state index contributed by atoms with van der Waals surface area (Å²) in [5.74, 6) is 1.15. The predicted octanol–water partition coefficient (Wildman–Crippen LogP) is 16.5. The second-order valence-corrected chi connectivity index (χ2v) is 17.2. The maximum absolute atomic E-state index is 9.34. The first-order valence-corrected chi connectivity index (χ1v) is 22.4. The van der Waals surface area contributed by atoms with Crippen LogP contribution in [0.5, 0.6) is 0 Å². The number of thiophene rings is 1. The van der Waals surface area contributed by atoms with Crippen molar-refractivity contribution in [2.45, 2.75) is 0 Å². The molecule has 0 aliphatic carbocycles. The highest BCUT2D eigenvalue weighted by Crippen LogP contribution is 2.42. The number of benzene rings is 10. The van der Waals surface area contributed by atoms with Gasteiger partial charge >= 0.3 is 0 Å². The summed E-state index contributed by atoms with van der Waals surface area (Å²) in [4.78, 5) is 15.6. The minimum absolute atomic E-state index is 0.00897. The lowest BCUT2D eigenvalue weighted by Crippen LogP contribution is -2.02. The Labute approximate surface area is 396 Å². The van der Waals surface area contributed by atoms with Crippen molar-refractivity contribution < 1.29 is 11.0 Å². The summed E-state index contributed by atoms with van der Waals surface area (Å²) in [6.45, 7) is 0. The van der Waals surface area contributed by atoms with E-state index in [2.05, 4.69) is 97.1 Å². The molecule has 0 saturated carbocycles. The molecule has 0 fully saturated rings. The summed E-state index contributed by atoms with van der Waals surface area (Å²) in [7, 11) is 0. The lowest BCUT2D eigenvalue weighted by molar-refractivity contribution is 1.07. The van der Waals surface area contributed by atoms with Gasteiger partial charge in [-0.2, -0.15) is 0 Å². The van der Waals surface area contributed by atoms with Gasteiger partial charge in [0.05, 0.1) is 27.7 Å². The molecule has 5 heteroatoms. The van der Waals surface area contributed by atoms with Crippen LogP contribution in [0.15, 0.2) is 230 Å². The monoisotopic (exact) mass is 866 g/mol. The van der Waals surface area contributed by atoms with Crippen LogP contribution >= 0.6 is 11.3 Å². The van der Waals surface area contributed by atoms with Crippen LogP contribution in [0.3, 0.4) is 0 Å². The Morgan fingerprint density at radius 3 is 1.68 bits per heavy atom. The molecule has 0 aliphatic heterocycles. The molecule has 0 spiro atoms. The molecule has 0 bridgehead atoms. The molecule has 0 amide bonds. The van der Waals surface area contributed by atoms with Crippen LogP contribution in [-0.2, 0) is 0 Å². The van der Waals surface area contributed by atoms with E-state index in [1.54, 1.807) is 15.9 Å². The number of nitrogens with zero attached hydrogens (tertiary/aromatic N) is 4. The average Bonchev–Trinajstić information content (AvgIpc) is 4.04. The average molecular weight is 867 g/mol. The molecule has 13 rings (SSSR count). The first kappa shape index (κ1) is 30.6. The quantitative estimate of drug-likeness (QED) is 0.160. The van der Waals surface area contributed by atoms with E-state index in [0.29, 0.717) is 34.3 Å². The van der Waals surface area contributed by atoms with Crippen LogP contribution in [0.4, 0.5) is 0 Å². The fourth-order valence-corrected chi connectivity index (χ4v) is 10.5. The van der Waals surface area contributed by atoms with Crippen molar-refractivity contribution in [1.82, 2.24) is 19.5 Å². The smallest absolute Gasteiger partial charge is 0.164 e. The Hall–Kier alpha value is -8.51. The van der Waals surface area contributed by atoms with E-state index < -0.39 is 36.3 Å². The predicted molar refractivity (Wildman–Crippen MR) is 277 cm³/mol. The zero-order chi connectivity index (χ0) is 50.5. The van der Waals surface area contributed by atoms with Gasteiger partial charge in [0.15, 0.2) is 17.5 Å². The number of hydrogen-bond donors (Lipinski definition) is 0. The molecule has 3 heterocycles. The molecule has 0 unspecified atom stereocenters. The second-order valence-electron chi connectivity index (χ2n) is 16.2. The summed E-state index contributed by atoms with van der Waals surface area (Å²) in [6, 6.07) is 57.4. The van der Waals surface area contributed by atoms with Gasteiger partial charge in [0.2, 0.25) is 0 Å². The maximum atomic E-state index is 9.34. The molecule has 4 nitrogen and oxygen atoms in total. The van der Waals surface area contributed by atoms with Crippen LogP contribution in [-0.4, -0.2) is 19.5 Å². The van der Waals surface area contributed by atoms with E-state index in [1.807, 2.05) is 84.9 Å². The van der Waals surface area contributed by atoms with Gasteiger partial charge in [-0.3, -0.25) is 0 Å². The fraction of sp³-hybridized carbons (Fsp3) is 0. The number of fused-ring (bicyclic) bond motifs is 7. The van der Waals surface area contributed by atoms with Gasteiger partial charge in [-0.25, -0.2) is 15.0 Å². The first-order valence-electron chi connectivity index (χ1n) is 25.6. The largest absolute Gasteiger partial charge is 0.309 e. The van der Waals surface area contributed by atoms with Gasteiger partial charge in [0.25, 0.3) is 0 Å². The number of aromatic nitrogens is 4. The van der Waals surface area contributed by atoms with Gasteiger partial charge in [0.1, 0.15) is 0 Å². The lowest BCUT2D eigenvalue weighted by atomic mass is 9.97. The van der Waals surface area contributed by atoms with Crippen molar-refractivity contribution in [2.75, 3.05) is 0 Å². The molecular weight excluding hydrogens is 821 g/mol. The lowest BCUT2D eigenvalue weighted by Gasteiger charge is -2.16. The molecule has 10 aromatic carbocycles. The summed E-state index contributed by atoms with van der Waals surface area (Å²) < 4.78 is 75.9. The number of rotatable bonds is 7. The van der Waals surface area contributed by atoms with Crippen LogP contribution in [0, 0.1) is 0 Å². The van der Waals surface area contributed by atoms with E-state index in [1.165, 1.54) is 20.2 Å². The highest BCUT2D eigenvalue weighted by molar-refractivity contribution is 7.26. The van der Waals surface area contributed by atoms with Gasteiger partial charge in [0, 0.05) is 53.2 Å². The molecule has 0 saturated heterocycles. The van der Waals surface area contributed by atoms with Crippen molar-refractivity contribution >= 4 is 64.1 Å². The molecule has 0 aliphatic rings. The Balaban J connectivity index is 1.05. The maximum Gasteiger partial charge on any atom is 0.164 e. The van der Waals surface area contributed by atoms with Crippen molar-refractivity contribution in [3.8, 4) is 73.2 Å². The molecule has 0 radical (unpaired) electrons. The minimum Gasteiger partial charge on any atom is -0.309 e. The summed E-state index contributed by atoms with van der Waals surface area (Å²) in [6.07, 6.45) is 0. The van der Waals surface area contributed by atoms with Gasteiger partial charge in [-0.05, 0) is 68.9 Å². The van der Waals surface area contributed by atoms with E-state index in [4.69, 9.17) is 23.2 Å². The summed E-state index contributed by atoms with van der Waals surface area (Å²) in [5.41, 5.74) is 8.08. The second kappa shape index (κ2) is 15.6. The third-order valence-electron chi connectivity index (χ3n) is 12.3. The summed E-state index contributed by atoms with van der Waals surface area (Å²) >= 11 is 1.76. The van der Waals surface area contributed by atoms with Crippen molar-refractivity contribution in [3.63, 3.8) is 0 Å². The van der Waals surface area contributed by atoms with Gasteiger partial charge < -0.3 is 4.57 Å². The Morgan fingerprint density at radius 2 is 0.894 bits per heavy atom. The Bertz CT molecular complexity index is 4390. The van der Waals surface area contributed by atoms with Crippen molar-refractivity contribution in [1.29, 1.82) is 0 Å². The van der Waals surface area contributed by atoms with Crippen LogP contribution in [0.1, 0.15) is 11.0 Å². The van der Waals surface area contributed by atoms with E-state index in [9.17, 15) is 2.74 Å². The van der Waals surface area contributed by atoms with Crippen molar-refractivity contribution in [3.05, 3.63) is 230 Å². The Kier molecular flexibility index (Phi) is 7.24. The zero-order valence-electron chi connectivity index (χ0n) is 43.0. The van der Waals surface area contributed by atoms with Crippen molar-refractivity contribution in [2.24, 2.45) is 0 Å². The topological polar surface area (TPSA) is 43.6 Å². The van der Waals surface area contributed by atoms with Crippen LogP contribution < -0.4 is 0 Å². The standard InChI is InChI=1S/C61H38N4S/c1-2-15-40(16-3-1)48-36-35-45(38-56(48)65-54-28-9-6-22-50(54)51-23-7-10-29-55(51)65)61-63-59(42-33-31-41(32-34-42)47-25-13-18-39-17-4-5-21-46(39)47)62-60(64-61)44-20-12-19-43(37-44)49-26-14-27-53-52-24-8-11-30-57(52)66-58(49)53/h1-38H/i6D,7D,9D,10D,22D,23D,28D,29D. The van der Waals surface area contributed by atoms with E-state index >= 15 is 0 Å². The SMILES string of the molecule is [2H]c1c([2H])c([2H])c2c(c1[2H])c1c([2H])c([2H])c([2H])c([2H])c1n2-c1cc(-c2nc(-c3ccc(-c4cccc5ccccc45)cc3)nc(-c3cccc(-c4cccc5c4sc4ccccc45)c3)n2)ccc1-c1ccccc1. The van der Waals surface area contributed by atoms with Crippen LogP contribution in [0.2, 0.25) is 0 Å². The fourth-order valence-electron chi connectivity index (χ4n) is 9.22. The highest BCUT2D eigenvalue weighted by atomic mass is 32.1. The molecule has 66 heavy (non-hydrogen) atoms. The molecular formula is C61H38N4S. The summed E-state index contributed by atoms with van der Waals surface area (Å²) in [5, 5.41) is 4.67. The minimum atomic E-state index is -0.508. The number of para-hydroxylation sites is 2. The zero-order valence-corrected chi connectivity index (χ0v) is 35.8. The van der Waals surface area contributed by atoms with E-state index in [0.717, 1.165) is 49.7 Å². The molecule has 308 valence electrons. The molecule has 0 N–H and O–H groups in total. The third-order valence-corrected chi connectivity index (χ3v) is 13.5. The normalized spacial score (nSPS) is 13.3. The van der Waals surface area contributed by atoms with Gasteiger partial charge in [-0.15, -0.1) is 11.3 Å². The van der Waals surface area contributed by atoms with Crippen LogP contribution in [0.25, 0.3) is 126 Å². The first-order chi connectivity index (χ1) is 36.0. The molecule has 3 aromatic heterocycles. The third kappa shape index (κ3) is 6.40. The Morgan fingerprint density at radius 1 is 0.364 bits per heavy atom. The molecule has 13 aromatic rings. The van der Waals surface area contributed by atoms with E-state index in [-0.39, 0.29) is 33.9 Å². The highest BCUT2D eigenvalue weighted by Gasteiger charge is 2.20. The van der Waals surface area contributed by atoms with Gasteiger partial charge in [-0.1, -0.05) is 200 Å².